The zero-order chi connectivity index (χ0) is 18.4. The summed E-state index contributed by atoms with van der Waals surface area (Å²) in [5, 5.41) is 5.24. The molecule has 0 aromatic heterocycles. The number of hydrogen-bond donors (Lipinski definition) is 2. The molecular formula is C18H24FN3O3. The second kappa shape index (κ2) is 8.09. The van der Waals surface area contributed by atoms with Crippen molar-refractivity contribution in [2.24, 2.45) is 0 Å². The first kappa shape index (κ1) is 18.9. The van der Waals surface area contributed by atoms with Crippen LogP contribution in [0.2, 0.25) is 0 Å². The number of rotatable bonds is 8. The number of halogens is 1. The van der Waals surface area contributed by atoms with Crippen LogP contribution in [0.4, 0.5) is 14.9 Å². The molecular weight excluding hydrogens is 325 g/mol. The zero-order valence-electron chi connectivity index (χ0n) is 14.6. The highest BCUT2D eigenvalue weighted by molar-refractivity contribution is 6.09. The van der Waals surface area contributed by atoms with Gasteiger partial charge >= 0.3 is 6.03 Å². The van der Waals surface area contributed by atoms with Crippen LogP contribution in [0.1, 0.15) is 46.0 Å². The predicted molar refractivity (Wildman–Crippen MR) is 92.4 cm³/mol. The third-order valence-corrected chi connectivity index (χ3v) is 4.31. The molecule has 0 bridgehead atoms. The van der Waals surface area contributed by atoms with Crippen molar-refractivity contribution in [1.82, 2.24) is 10.2 Å². The summed E-state index contributed by atoms with van der Waals surface area (Å²) >= 11 is 0. The van der Waals surface area contributed by atoms with E-state index in [0.717, 1.165) is 30.6 Å². The van der Waals surface area contributed by atoms with Gasteiger partial charge in [0.15, 0.2) is 0 Å². The summed E-state index contributed by atoms with van der Waals surface area (Å²) in [6.45, 7) is 3.43. The summed E-state index contributed by atoms with van der Waals surface area (Å²) in [5.74, 6) is -1.31. The first-order chi connectivity index (χ1) is 11.9. The minimum absolute atomic E-state index is 0.368. The van der Waals surface area contributed by atoms with E-state index in [9.17, 15) is 18.8 Å². The van der Waals surface area contributed by atoms with Crippen molar-refractivity contribution in [2.45, 2.75) is 51.5 Å². The molecule has 0 radical (unpaired) electrons. The van der Waals surface area contributed by atoms with Gasteiger partial charge in [0, 0.05) is 5.69 Å². The largest absolute Gasteiger partial charge is 0.325 e. The van der Waals surface area contributed by atoms with Gasteiger partial charge in [0.25, 0.3) is 5.91 Å². The molecule has 1 aliphatic rings. The Bertz CT molecular complexity index is 647. The molecule has 1 aliphatic heterocycles. The molecule has 2 rings (SSSR count). The van der Waals surface area contributed by atoms with Crippen LogP contribution in [0.5, 0.6) is 0 Å². The van der Waals surface area contributed by atoms with E-state index >= 15 is 0 Å². The van der Waals surface area contributed by atoms with Crippen molar-refractivity contribution in [3.8, 4) is 0 Å². The van der Waals surface area contributed by atoms with Crippen LogP contribution in [-0.2, 0) is 9.59 Å². The normalized spacial score (nSPS) is 19.9. The second-order valence-corrected chi connectivity index (χ2v) is 6.52. The zero-order valence-corrected chi connectivity index (χ0v) is 14.6. The SMILES string of the molecule is CCCCCC[C@@]1(C)NC(=O)N(CC(=O)Nc2ccc(F)cc2)C1=O. The minimum Gasteiger partial charge on any atom is -0.325 e. The highest BCUT2D eigenvalue weighted by Crippen LogP contribution is 2.24. The molecule has 4 amide bonds. The lowest BCUT2D eigenvalue weighted by atomic mass is 9.94. The lowest BCUT2D eigenvalue weighted by molar-refractivity contribution is -0.133. The maximum absolute atomic E-state index is 12.9. The molecule has 0 spiro atoms. The Kier molecular flexibility index (Phi) is 6.12. The van der Waals surface area contributed by atoms with Gasteiger partial charge in [-0.1, -0.05) is 32.6 Å². The summed E-state index contributed by atoms with van der Waals surface area (Å²) in [4.78, 5) is 37.6. The first-order valence-electron chi connectivity index (χ1n) is 8.55. The summed E-state index contributed by atoms with van der Waals surface area (Å²) in [5.41, 5.74) is -0.554. The lowest BCUT2D eigenvalue weighted by Gasteiger charge is -2.21. The van der Waals surface area contributed by atoms with Gasteiger partial charge < -0.3 is 10.6 Å². The molecule has 0 saturated carbocycles. The van der Waals surface area contributed by atoms with Crippen LogP contribution in [0.3, 0.4) is 0 Å². The summed E-state index contributed by atoms with van der Waals surface area (Å²) in [6.07, 6.45) is 4.56. The van der Waals surface area contributed by atoms with Crippen LogP contribution in [-0.4, -0.2) is 34.8 Å². The molecule has 7 heteroatoms. The van der Waals surface area contributed by atoms with Crippen LogP contribution < -0.4 is 10.6 Å². The Morgan fingerprint density at radius 1 is 1.20 bits per heavy atom. The van der Waals surface area contributed by atoms with Crippen molar-refractivity contribution in [3.63, 3.8) is 0 Å². The number of carbonyl (C=O) groups is 3. The van der Waals surface area contributed by atoms with Crippen LogP contribution >= 0.6 is 0 Å². The maximum Gasteiger partial charge on any atom is 0.325 e. The Hall–Kier alpha value is -2.44. The molecule has 0 unspecified atom stereocenters. The molecule has 1 saturated heterocycles. The summed E-state index contributed by atoms with van der Waals surface area (Å²) in [7, 11) is 0. The fourth-order valence-electron chi connectivity index (χ4n) is 2.84. The van der Waals surface area contributed by atoms with Crippen molar-refractivity contribution >= 4 is 23.5 Å². The Morgan fingerprint density at radius 2 is 1.88 bits per heavy atom. The fourth-order valence-corrected chi connectivity index (χ4v) is 2.84. The Balaban J connectivity index is 1.92. The number of imide groups is 1. The van der Waals surface area contributed by atoms with Gasteiger partial charge in [0.1, 0.15) is 17.9 Å². The number of amides is 4. The molecule has 25 heavy (non-hydrogen) atoms. The lowest BCUT2D eigenvalue weighted by Crippen LogP contribution is -2.44. The Labute approximate surface area is 146 Å². The van der Waals surface area contributed by atoms with E-state index in [2.05, 4.69) is 17.6 Å². The average molecular weight is 349 g/mol. The molecule has 1 fully saturated rings. The van der Waals surface area contributed by atoms with E-state index < -0.39 is 23.3 Å². The molecule has 1 aromatic rings. The summed E-state index contributed by atoms with van der Waals surface area (Å²) in [6, 6.07) is 4.71. The van der Waals surface area contributed by atoms with Crippen molar-refractivity contribution in [3.05, 3.63) is 30.1 Å². The van der Waals surface area contributed by atoms with E-state index in [1.54, 1.807) is 6.92 Å². The van der Waals surface area contributed by atoms with Crippen LogP contribution in [0.15, 0.2) is 24.3 Å². The van der Waals surface area contributed by atoms with Crippen molar-refractivity contribution in [1.29, 1.82) is 0 Å². The topological polar surface area (TPSA) is 78.5 Å². The number of nitrogens with zero attached hydrogens (tertiary/aromatic N) is 1. The van der Waals surface area contributed by atoms with Gasteiger partial charge in [-0.15, -0.1) is 0 Å². The standard InChI is InChI=1S/C18H24FN3O3/c1-3-4-5-6-11-18(2)16(24)22(17(25)21-18)12-15(23)20-14-9-7-13(19)8-10-14/h7-10H,3-6,11-12H2,1-2H3,(H,20,23)(H,21,25)/t18-/m1/s1. The number of unbranched alkanes of at least 4 members (excludes halogenated alkanes) is 3. The Morgan fingerprint density at radius 3 is 2.52 bits per heavy atom. The third-order valence-electron chi connectivity index (χ3n) is 4.31. The number of carbonyl (C=O) groups excluding carboxylic acids is 3. The molecule has 1 aromatic carbocycles. The number of urea groups is 1. The van der Waals surface area contributed by atoms with Gasteiger partial charge in [0.2, 0.25) is 5.91 Å². The third kappa shape index (κ3) is 4.78. The van der Waals surface area contributed by atoms with E-state index in [0.29, 0.717) is 12.1 Å². The van der Waals surface area contributed by atoms with E-state index in [-0.39, 0.29) is 12.5 Å². The molecule has 6 nitrogen and oxygen atoms in total. The van der Waals surface area contributed by atoms with E-state index in [4.69, 9.17) is 0 Å². The summed E-state index contributed by atoms with van der Waals surface area (Å²) < 4.78 is 12.9. The van der Waals surface area contributed by atoms with E-state index in [1.165, 1.54) is 24.3 Å². The van der Waals surface area contributed by atoms with Gasteiger partial charge in [-0.05, 0) is 37.6 Å². The molecule has 1 heterocycles. The molecule has 0 aliphatic carbocycles. The smallest absolute Gasteiger partial charge is 0.325 e. The number of anilines is 1. The van der Waals surface area contributed by atoms with Gasteiger partial charge in [0.05, 0.1) is 0 Å². The average Bonchev–Trinajstić information content (AvgIpc) is 2.77. The number of benzene rings is 1. The monoisotopic (exact) mass is 349 g/mol. The quantitative estimate of drug-likeness (QED) is 0.559. The van der Waals surface area contributed by atoms with Crippen LogP contribution in [0, 0.1) is 5.82 Å². The number of nitrogens with one attached hydrogen (secondary N) is 2. The van der Waals surface area contributed by atoms with Gasteiger partial charge in [-0.3, -0.25) is 14.5 Å². The van der Waals surface area contributed by atoms with Crippen molar-refractivity contribution in [2.75, 3.05) is 11.9 Å². The highest BCUT2D eigenvalue weighted by Gasteiger charge is 2.47. The van der Waals surface area contributed by atoms with Gasteiger partial charge in [-0.25, -0.2) is 9.18 Å². The number of hydrogen-bond acceptors (Lipinski definition) is 3. The van der Waals surface area contributed by atoms with Gasteiger partial charge in [-0.2, -0.15) is 0 Å². The molecule has 136 valence electrons. The van der Waals surface area contributed by atoms with Crippen molar-refractivity contribution < 1.29 is 18.8 Å². The predicted octanol–water partition coefficient (Wildman–Crippen LogP) is 3.05. The molecule has 1 atom stereocenters. The fraction of sp³-hybridized carbons (Fsp3) is 0.500. The molecule has 2 N–H and O–H groups in total. The van der Waals surface area contributed by atoms with E-state index in [1.807, 2.05) is 0 Å². The van der Waals surface area contributed by atoms with Crippen LogP contribution in [0.25, 0.3) is 0 Å². The minimum atomic E-state index is -0.957. The highest BCUT2D eigenvalue weighted by atomic mass is 19.1. The first-order valence-corrected chi connectivity index (χ1v) is 8.55. The maximum atomic E-state index is 12.9. The second-order valence-electron chi connectivity index (χ2n) is 6.52.